The fourth-order valence-corrected chi connectivity index (χ4v) is 7.66. The van der Waals surface area contributed by atoms with Crippen molar-refractivity contribution in [2.45, 2.75) is 77.4 Å². The molecule has 0 saturated heterocycles. The van der Waals surface area contributed by atoms with E-state index in [1.165, 1.54) is 6.92 Å². The third-order valence-corrected chi connectivity index (χ3v) is 9.03. The third kappa shape index (κ3) is 2.03. The van der Waals surface area contributed by atoms with E-state index in [-0.39, 0.29) is 47.3 Å². The van der Waals surface area contributed by atoms with Gasteiger partial charge in [0.05, 0.1) is 6.10 Å². The molecular weight excluding hydrogens is 328 g/mol. The molecule has 4 aliphatic carbocycles. The first-order valence-corrected chi connectivity index (χ1v) is 10.2. The molecule has 144 valence electrons. The quantitative estimate of drug-likeness (QED) is 0.705. The summed E-state index contributed by atoms with van der Waals surface area (Å²) < 4.78 is 0. The average molecular weight is 360 g/mol. The van der Waals surface area contributed by atoms with E-state index in [2.05, 4.69) is 13.5 Å². The zero-order valence-corrected chi connectivity index (χ0v) is 16.3. The number of Topliss-reactive ketones (excluding diaryl/α,β-unsaturated/α-hetero) is 2. The number of fused-ring (bicyclic) bond motifs is 5. The molecule has 4 heteroatoms. The van der Waals surface area contributed by atoms with Crippen LogP contribution in [0.5, 0.6) is 0 Å². The Morgan fingerprint density at radius 1 is 1.23 bits per heavy atom. The molecule has 0 bridgehead atoms. The fourth-order valence-electron chi connectivity index (χ4n) is 7.66. The van der Waals surface area contributed by atoms with E-state index >= 15 is 0 Å². The minimum Gasteiger partial charge on any atom is -0.393 e. The van der Waals surface area contributed by atoms with Gasteiger partial charge in [0.1, 0.15) is 11.4 Å². The second kappa shape index (κ2) is 5.51. The standard InChI is InChI=1S/C22H32O4/c1-12-9-17-16-6-5-14-10-15(24)7-8-20(14,3)19(16)18(25)11-21(17,4)22(12,26)13(2)23/h14-17,19,24,26H,1,5-11H2,2-4H3/t14?,15-,16+,17+,19-,20+,21+,22+/m1/s1. The van der Waals surface area contributed by atoms with Gasteiger partial charge in [-0.15, -0.1) is 0 Å². The summed E-state index contributed by atoms with van der Waals surface area (Å²) in [7, 11) is 0. The molecule has 8 atom stereocenters. The van der Waals surface area contributed by atoms with Gasteiger partial charge in [-0.05, 0) is 74.2 Å². The Labute approximate surface area is 156 Å². The molecule has 0 aromatic heterocycles. The van der Waals surface area contributed by atoms with Crippen LogP contribution in [0.4, 0.5) is 0 Å². The van der Waals surface area contributed by atoms with Crippen LogP contribution in [0, 0.1) is 34.5 Å². The molecule has 4 aliphatic rings. The minimum atomic E-state index is -1.57. The molecular formula is C22H32O4. The highest BCUT2D eigenvalue weighted by Crippen LogP contribution is 2.68. The smallest absolute Gasteiger partial charge is 0.166 e. The zero-order valence-electron chi connectivity index (χ0n) is 16.3. The van der Waals surface area contributed by atoms with Crippen LogP contribution < -0.4 is 0 Å². The van der Waals surface area contributed by atoms with E-state index < -0.39 is 11.0 Å². The van der Waals surface area contributed by atoms with Gasteiger partial charge in [-0.3, -0.25) is 9.59 Å². The maximum Gasteiger partial charge on any atom is 0.166 e. The van der Waals surface area contributed by atoms with Crippen molar-refractivity contribution < 1.29 is 19.8 Å². The zero-order chi connectivity index (χ0) is 19.1. The summed E-state index contributed by atoms with van der Waals surface area (Å²) in [6, 6.07) is 0. The van der Waals surface area contributed by atoms with Crippen LogP contribution >= 0.6 is 0 Å². The molecule has 0 aliphatic heterocycles. The monoisotopic (exact) mass is 360 g/mol. The molecule has 0 heterocycles. The molecule has 1 unspecified atom stereocenters. The van der Waals surface area contributed by atoms with Gasteiger partial charge >= 0.3 is 0 Å². The Balaban J connectivity index is 1.75. The summed E-state index contributed by atoms with van der Waals surface area (Å²) in [5.41, 5.74) is -1.76. The predicted octanol–water partition coefficient (Wildman–Crippen LogP) is 3.06. The van der Waals surface area contributed by atoms with Crippen molar-refractivity contribution in [1.82, 2.24) is 0 Å². The largest absolute Gasteiger partial charge is 0.393 e. The van der Waals surface area contributed by atoms with Gasteiger partial charge in [0.15, 0.2) is 5.78 Å². The van der Waals surface area contributed by atoms with Crippen LogP contribution in [0.2, 0.25) is 0 Å². The molecule has 4 saturated carbocycles. The number of hydrogen-bond acceptors (Lipinski definition) is 4. The van der Waals surface area contributed by atoms with Crippen molar-refractivity contribution in [3.05, 3.63) is 12.2 Å². The van der Waals surface area contributed by atoms with E-state index in [0.29, 0.717) is 17.9 Å². The normalized spacial score (nSPS) is 53.7. The van der Waals surface area contributed by atoms with E-state index in [0.717, 1.165) is 32.1 Å². The summed E-state index contributed by atoms with van der Waals surface area (Å²) >= 11 is 0. The summed E-state index contributed by atoms with van der Waals surface area (Å²) in [4.78, 5) is 25.8. The van der Waals surface area contributed by atoms with Gasteiger partial charge in [0.2, 0.25) is 0 Å². The van der Waals surface area contributed by atoms with Gasteiger partial charge in [0, 0.05) is 17.8 Å². The van der Waals surface area contributed by atoms with Gasteiger partial charge in [-0.2, -0.15) is 0 Å². The van der Waals surface area contributed by atoms with Crippen LogP contribution in [0.3, 0.4) is 0 Å². The van der Waals surface area contributed by atoms with Crippen molar-refractivity contribution in [3.63, 3.8) is 0 Å². The first-order chi connectivity index (χ1) is 12.1. The Bertz CT molecular complexity index is 684. The van der Waals surface area contributed by atoms with Gasteiger partial charge < -0.3 is 10.2 Å². The van der Waals surface area contributed by atoms with E-state index in [9.17, 15) is 19.8 Å². The molecule has 26 heavy (non-hydrogen) atoms. The number of ketones is 2. The second-order valence-corrected chi connectivity index (χ2v) is 10.1. The number of carbonyl (C=O) groups is 2. The molecule has 4 rings (SSSR count). The first-order valence-electron chi connectivity index (χ1n) is 10.2. The van der Waals surface area contributed by atoms with E-state index in [4.69, 9.17) is 0 Å². The van der Waals surface area contributed by atoms with E-state index in [1.54, 1.807) is 0 Å². The molecule has 4 nitrogen and oxygen atoms in total. The number of hydrogen-bond donors (Lipinski definition) is 2. The second-order valence-electron chi connectivity index (χ2n) is 10.1. The Hall–Kier alpha value is -1.00. The number of aliphatic hydroxyl groups excluding tert-OH is 1. The highest BCUT2D eigenvalue weighted by Gasteiger charge is 2.69. The molecule has 0 aromatic carbocycles. The lowest BCUT2D eigenvalue weighted by atomic mass is 9.44. The topological polar surface area (TPSA) is 74.6 Å². The summed E-state index contributed by atoms with van der Waals surface area (Å²) in [5, 5.41) is 21.4. The van der Waals surface area contributed by atoms with Gasteiger partial charge in [0.25, 0.3) is 0 Å². The molecule has 0 spiro atoms. The highest BCUT2D eigenvalue weighted by molar-refractivity contribution is 5.93. The minimum absolute atomic E-state index is 0.00562. The fraction of sp³-hybridized carbons (Fsp3) is 0.818. The van der Waals surface area contributed by atoms with Gasteiger partial charge in [-0.25, -0.2) is 0 Å². The van der Waals surface area contributed by atoms with Crippen LogP contribution in [0.25, 0.3) is 0 Å². The molecule has 4 fully saturated rings. The predicted molar refractivity (Wildman–Crippen MR) is 98.3 cm³/mol. The van der Waals surface area contributed by atoms with Crippen LogP contribution in [0.1, 0.15) is 65.7 Å². The van der Waals surface area contributed by atoms with Crippen molar-refractivity contribution in [2.75, 3.05) is 0 Å². The maximum absolute atomic E-state index is 13.4. The lowest BCUT2D eigenvalue weighted by Crippen LogP contribution is -2.61. The Morgan fingerprint density at radius 3 is 2.58 bits per heavy atom. The molecule has 0 aromatic rings. The molecule has 0 amide bonds. The average Bonchev–Trinajstić information content (AvgIpc) is 2.76. The van der Waals surface area contributed by atoms with Crippen LogP contribution in [0.15, 0.2) is 12.2 Å². The number of aliphatic hydroxyl groups is 2. The van der Waals surface area contributed by atoms with Crippen molar-refractivity contribution in [3.8, 4) is 0 Å². The Morgan fingerprint density at radius 2 is 1.92 bits per heavy atom. The molecule has 2 N–H and O–H groups in total. The van der Waals surface area contributed by atoms with Crippen LogP contribution in [-0.4, -0.2) is 33.5 Å². The summed E-state index contributed by atoms with van der Waals surface area (Å²) in [6.07, 6.45) is 5.12. The summed E-state index contributed by atoms with van der Waals surface area (Å²) in [5.74, 6) is 0.677. The summed E-state index contributed by atoms with van der Waals surface area (Å²) in [6.45, 7) is 9.67. The third-order valence-electron chi connectivity index (χ3n) is 9.03. The number of rotatable bonds is 1. The van der Waals surface area contributed by atoms with E-state index in [1.807, 2.05) is 6.92 Å². The lowest BCUT2D eigenvalue weighted by molar-refractivity contribution is -0.175. The Kier molecular flexibility index (Phi) is 3.89. The van der Waals surface area contributed by atoms with Gasteiger partial charge in [-0.1, -0.05) is 20.4 Å². The lowest BCUT2D eigenvalue weighted by Gasteiger charge is -2.60. The SMILES string of the molecule is C=C1C[C@H]2[C@@H]3CCC4C[C@H](O)CC[C@]4(C)[C@H]3C(=O)C[C@]2(C)[C@@]1(O)C(C)=O. The first kappa shape index (κ1) is 18.4. The van der Waals surface area contributed by atoms with Crippen molar-refractivity contribution >= 4 is 11.6 Å². The number of carbonyl (C=O) groups excluding carboxylic acids is 2. The van der Waals surface area contributed by atoms with Crippen molar-refractivity contribution in [1.29, 1.82) is 0 Å². The van der Waals surface area contributed by atoms with Crippen molar-refractivity contribution in [2.24, 2.45) is 34.5 Å². The maximum atomic E-state index is 13.4. The highest BCUT2D eigenvalue weighted by atomic mass is 16.3. The molecule has 0 radical (unpaired) electrons. The van der Waals surface area contributed by atoms with Crippen LogP contribution in [-0.2, 0) is 9.59 Å².